The van der Waals surface area contributed by atoms with Gasteiger partial charge in [-0.2, -0.15) is 0 Å². The quantitative estimate of drug-likeness (QED) is 0.815. The normalized spacial score (nSPS) is 15.7. The van der Waals surface area contributed by atoms with E-state index in [1.54, 1.807) is 0 Å². The first kappa shape index (κ1) is 11.3. The van der Waals surface area contributed by atoms with Crippen LogP contribution in [-0.2, 0) is 0 Å². The Morgan fingerprint density at radius 3 is 3.00 bits per heavy atom. The molecule has 0 aliphatic heterocycles. The summed E-state index contributed by atoms with van der Waals surface area (Å²) in [5.41, 5.74) is 2.74. The van der Waals surface area contributed by atoms with E-state index in [1.165, 1.54) is 12.8 Å². The van der Waals surface area contributed by atoms with E-state index in [-0.39, 0.29) is 0 Å². The van der Waals surface area contributed by atoms with Crippen molar-refractivity contribution in [3.05, 3.63) is 29.5 Å². The summed E-state index contributed by atoms with van der Waals surface area (Å²) >= 11 is 0. The van der Waals surface area contributed by atoms with Gasteiger partial charge in [0, 0.05) is 10.9 Å². The molecule has 0 amide bonds. The van der Waals surface area contributed by atoms with Gasteiger partial charge in [0.2, 0.25) is 5.58 Å². The highest BCUT2D eigenvalue weighted by Gasteiger charge is 2.23. The smallest absolute Gasteiger partial charge is 0.209 e. The molecule has 3 heteroatoms. The molecule has 1 aliphatic carbocycles. The Bertz CT molecular complexity index is 594. The molecule has 1 aliphatic rings. The first-order valence-corrected chi connectivity index (χ1v) is 6.44. The molecule has 1 aromatic heterocycles. The molecule has 0 radical (unpaired) electrons. The lowest BCUT2D eigenvalue weighted by Crippen LogP contribution is -2.00. The highest BCUT2D eigenvalue weighted by Crippen LogP contribution is 2.35. The number of nitrogens with zero attached hydrogens (tertiary/aromatic N) is 1. The first-order valence-electron chi connectivity index (χ1n) is 6.44. The highest BCUT2D eigenvalue weighted by atomic mass is 16.5. The van der Waals surface area contributed by atoms with Crippen molar-refractivity contribution < 1.29 is 9.26 Å². The average Bonchev–Trinajstić information content (AvgIpc) is 3.12. The summed E-state index contributed by atoms with van der Waals surface area (Å²) in [6.07, 6.45) is 6.61. The third kappa shape index (κ3) is 2.01. The van der Waals surface area contributed by atoms with E-state index >= 15 is 0 Å². The van der Waals surface area contributed by atoms with Gasteiger partial charge in [-0.05, 0) is 38.7 Å². The fourth-order valence-electron chi connectivity index (χ4n) is 2.06. The molecule has 0 saturated heterocycles. The van der Waals surface area contributed by atoms with Gasteiger partial charge >= 0.3 is 0 Å². The molecule has 3 nitrogen and oxygen atoms in total. The van der Waals surface area contributed by atoms with Crippen molar-refractivity contribution in [3.8, 4) is 5.75 Å². The van der Waals surface area contributed by atoms with Crippen LogP contribution in [0.15, 0.2) is 22.7 Å². The fourth-order valence-corrected chi connectivity index (χ4v) is 2.06. The Kier molecular flexibility index (Phi) is 2.82. The first-order chi connectivity index (χ1) is 8.79. The Morgan fingerprint density at radius 1 is 1.44 bits per heavy atom. The molecule has 0 bridgehead atoms. The van der Waals surface area contributed by atoms with E-state index in [4.69, 9.17) is 9.26 Å². The Morgan fingerprint density at radius 2 is 2.28 bits per heavy atom. The predicted octanol–water partition coefficient (Wildman–Crippen LogP) is 3.96. The lowest BCUT2D eigenvalue weighted by atomic mass is 10.1. The molecule has 0 N–H and O–H groups in total. The van der Waals surface area contributed by atoms with Crippen molar-refractivity contribution >= 4 is 17.0 Å². The van der Waals surface area contributed by atoms with E-state index in [9.17, 15) is 0 Å². The molecule has 1 heterocycles. The van der Waals surface area contributed by atoms with Crippen LogP contribution in [0.5, 0.6) is 5.75 Å². The molecule has 3 rings (SSSR count). The van der Waals surface area contributed by atoms with Gasteiger partial charge in [0.05, 0.1) is 12.3 Å². The van der Waals surface area contributed by atoms with Crippen LogP contribution in [0.25, 0.3) is 17.0 Å². The van der Waals surface area contributed by atoms with E-state index in [1.807, 2.05) is 32.1 Å². The van der Waals surface area contributed by atoms with Crippen molar-refractivity contribution in [2.45, 2.75) is 26.7 Å². The van der Waals surface area contributed by atoms with Gasteiger partial charge in [-0.1, -0.05) is 23.4 Å². The second-order valence-corrected chi connectivity index (χ2v) is 4.88. The van der Waals surface area contributed by atoms with E-state index < -0.39 is 0 Å². The van der Waals surface area contributed by atoms with Crippen LogP contribution in [0.4, 0.5) is 0 Å². The summed E-state index contributed by atoms with van der Waals surface area (Å²) in [7, 11) is 0. The Hall–Kier alpha value is -1.77. The molecule has 1 saturated carbocycles. The maximum absolute atomic E-state index is 5.96. The topological polar surface area (TPSA) is 35.3 Å². The van der Waals surface area contributed by atoms with Crippen molar-refractivity contribution in [1.82, 2.24) is 5.16 Å². The van der Waals surface area contributed by atoms with E-state index in [2.05, 4.69) is 11.2 Å². The summed E-state index contributed by atoms with van der Waals surface area (Å²) in [5, 5.41) is 5.06. The maximum atomic E-state index is 5.96. The number of benzene rings is 1. The summed E-state index contributed by atoms with van der Waals surface area (Å²) in [5.74, 6) is 1.56. The number of hydrogen-bond acceptors (Lipinski definition) is 3. The standard InChI is InChI=1S/C15H17NO2/c1-3-4-12-7-8-13-10(2)16-18-15(13)14(12)17-9-11-5-6-11/h3-4,7-8,11H,5-6,9H2,1-2H3. The number of rotatable bonds is 4. The summed E-state index contributed by atoms with van der Waals surface area (Å²) in [6.45, 7) is 4.73. The maximum Gasteiger partial charge on any atom is 0.209 e. The molecule has 2 aromatic rings. The molecule has 1 aromatic carbocycles. The van der Waals surface area contributed by atoms with E-state index in [0.717, 1.165) is 40.5 Å². The van der Waals surface area contributed by atoms with Crippen LogP contribution in [-0.4, -0.2) is 11.8 Å². The van der Waals surface area contributed by atoms with Crippen LogP contribution in [0.1, 0.15) is 31.0 Å². The van der Waals surface area contributed by atoms with Crippen LogP contribution in [0.2, 0.25) is 0 Å². The van der Waals surface area contributed by atoms with Crippen molar-refractivity contribution in [2.24, 2.45) is 5.92 Å². The minimum absolute atomic E-state index is 0.725. The van der Waals surface area contributed by atoms with Gasteiger partial charge in [0.25, 0.3) is 0 Å². The highest BCUT2D eigenvalue weighted by molar-refractivity contribution is 5.88. The monoisotopic (exact) mass is 243 g/mol. The van der Waals surface area contributed by atoms with Crippen molar-refractivity contribution in [1.29, 1.82) is 0 Å². The number of fused-ring (bicyclic) bond motifs is 1. The van der Waals surface area contributed by atoms with Gasteiger partial charge in [0.1, 0.15) is 0 Å². The lowest BCUT2D eigenvalue weighted by molar-refractivity contribution is 0.295. The van der Waals surface area contributed by atoms with Gasteiger partial charge in [-0.15, -0.1) is 0 Å². The second-order valence-electron chi connectivity index (χ2n) is 4.88. The van der Waals surface area contributed by atoms with Gasteiger partial charge in [0.15, 0.2) is 5.75 Å². The SMILES string of the molecule is CC=Cc1ccc2c(C)noc2c1OCC1CC1. The second kappa shape index (κ2) is 4.48. The average molecular weight is 243 g/mol. The molecule has 1 fully saturated rings. The van der Waals surface area contributed by atoms with Crippen molar-refractivity contribution in [3.63, 3.8) is 0 Å². The molecular formula is C15H17NO2. The molecule has 0 unspecified atom stereocenters. The minimum Gasteiger partial charge on any atom is -0.489 e. The summed E-state index contributed by atoms with van der Waals surface area (Å²) < 4.78 is 11.4. The zero-order valence-electron chi connectivity index (χ0n) is 10.8. The van der Waals surface area contributed by atoms with Crippen LogP contribution < -0.4 is 4.74 Å². The van der Waals surface area contributed by atoms with Gasteiger partial charge in [-0.3, -0.25) is 0 Å². The lowest BCUT2D eigenvalue weighted by Gasteiger charge is -2.08. The summed E-state index contributed by atoms with van der Waals surface area (Å²) in [4.78, 5) is 0. The zero-order chi connectivity index (χ0) is 12.5. The number of ether oxygens (including phenoxy) is 1. The van der Waals surface area contributed by atoms with Crippen LogP contribution in [0.3, 0.4) is 0 Å². The molecular weight excluding hydrogens is 226 g/mol. The predicted molar refractivity (Wildman–Crippen MR) is 71.7 cm³/mol. The van der Waals surface area contributed by atoms with Crippen LogP contribution >= 0.6 is 0 Å². The third-order valence-electron chi connectivity index (χ3n) is 3.31. The number of allylic oxidation sites excluding steroid dienone is 1. The summed E-state index contributed by atoms with van der Waals surface area (Å²) in [6, 6.07) is 4.11. The van der Waals surface area contributed by atoms with E-state index in [0.29, 0.717) is 0 Å². The molecule has 18 heavy (non-hydrogen) atoms. The largest absolute Gasteiger partial charge is 0.489 e. The number of aryl methyl sites for hydroxylation is 1. The molecule has 0 spiro atoms. The Balaban J connectivity index is 2.05. The zero-order valence-corrected chi connectivity index (χ0v) is 10.8. The molecule has 0 atom stereocenters. The van der Waals surface area contributed by atoms with Gasteiger partial charge in [-0.25, -0.2) is 0 Å². The van der Waals surface area contributed by atoms with Crippen molar-refractivity contribution in [2.75, 3.05) is 6.61 Å². The van der Waals surface area contributed by atoms with Gasteiger partial charge < -0.3 is 9.26 Å². The fraction of sp³-hybridized carbons (Fsp3) is 0.400. The Labute approximate surface area is 106 Å². The number of hydrogen-bond donors (Lipinski definition) is 0. The molecule has 94 valence electrons. The third-order valence-corrected chi connectivity index (χ3v) is 3.31. The minimum atomic E-state index is 0.725. The number of aromatic nitrogens is 1. The van der Waals surface area contributed by atoms with Crippen LogP contribution in [0, 0.1) is 12.8 Å².